The van der Waals surface area contributed by atoms with E-state index < -0.39 is 6.10 Å². The monoisotopic (exact) mass is 308 g/mol. The molecule has 2 aromatic heterocycles. The molecule has 1 aliphatic rings. The summed E-state index contributed by atoms with van der Waals surface area (Å²) in [5.41, 5.74) is 0. The molecule has 21 heavy (non-hydrogen) atoms. The molecule has 1 N–H and O–H groups in total. The van der Waals surface area contributed by atoms with Crippen LogP contribution >= 0.6 is 11.3 Å². The van der Waals surface area contributed by atoms with Crippen molar-refractivity contribution in [1.29, 1.82) is 0 Å². The molecule has 0 saturated carbocycles. The van der Waals surface area contributed by atoms with E-state index in [-0.39, 0.29) is 12.0 Å². The number of carbonyl (C=O) groups excluding carboxylic acids is 1. The van der Waals surface area contributed by atoms with E-state index in [0.717, 1.165) is 4.88 Å². The first-order valence-corrected chi connectivity index (χ1v) is 7.52. The number of amides is 1. The number of anilines is 1. The molecular formula is C13H16N4O3S. The van der Waals surface area contributed by atoms with Crippen molar-refractivity contribution in [2.24, 2.45) is 7.05 Å². The van der Waals surface area contributed by atoms with Crippen molar-refractivity contribution in [2.45, 2.75) is 19.1 Å². The number of carbonyl (C=O) groups is 1. The van der Waals surface area contributed by atoms with Crippen LogP contribution < -0.4 is 5.32 Å². The lowest BCUT2D eigenvalue weighted by Crippen LogP contribution is -2.45. The Bertz CT molecular complexity index is 625. The van der Waals surface area contributed by atoms with Crippen LogP contribution in [0.25, 0.3) is 10.7 Å². The van der Waals surface area contributed by atoms with Gasteiger partial charge in [-0.3, -0.25) is 10.1 Å². The van der Waals surface area contributed by atoms with Crippen LogP contribution in [0.2, 0.25) is 0 Å². The summed E-state index contributed by atoms with van der Waals surface area (Å²) in [5, 5.41) is 9.00. The Labute approximate surface area is 125 Å². The second-order valence-corrected chi connectivity index (χ2v) is 5.66. The Morgan fingerprint density at radius 1 is 1.48 bits per heavy atom. The molecule has 0 spiro atoms. The third kappa shape index (κ3) is 2.97. The Morgan fingerprint density at radius 3 is 3.00 bits per heavy atom. The Kier molecular flexibility index (Phi) is 4.00. The number of hydrogen-bond donors (Lipinski definition) is 1. The SMILES string of the molecule is C[C@@H]1OCCO[C@@H]1C(=O)Nc1nc(-c2cccs2)nn1C. The number of hydrogen-bond acceptors (Lipinski definition) is 6. The Balaban J connectivity index is 1.74. The van der Waals surface area contributed by atoms with Crippen molar-refractivity contribution in [3.05, 3.63) is 17.5 Å². The van der Waals surface area contributed by atoms with Gasteiger partial charge in [-0.2, -0.15) is 4.98 Å². The summed E-state index contributed by atoms with van der Waals surface area (Å²) in [7, 11) is 1.74. The van der Waals surface area contributed by atoms with Crippen LogP contribution in [0.5, 0.6) is 0 Å². The normalized spacial score (nSPS) is 22.2. The second-order valence-electron chi connectivity index (χ2n) is 4.72. The molecule has 3 heterocycles. The minimum Gasteiger partial charge on any atom is -0.373 e. The van der Waals surface area contributed by atoms with Gasteiger partial charge in [0.25, 0.3) is 5.91 Å². The van der Waals surface area contributed by atoms with E-state index in [2.05, 4.69) is 15.4 Å². The van der Waals surface area contributed by atoms with Crippen molar-refractivity contribution < 1.29 is 14.3 Å². The maximum atomic E-state index is 12.2. The molecule has 8 heteroatoms. The van der Waals surface area contributed by atoms with E-state index in [9.17, 15) is 4.79 Å². The zero-order chi connectivity index (χ0) is 14.8. The van der Waals surface area contributed by atoms with Gasteiger partial charge in [0.05, 0.1) is 24.2 Å². The number of rotatable bonds is 3. The maximum Gasteiger partial charge on any atom is 0.258 e. The third-order valence-corrected chi connectivity index (χ3v) is 4.05. The summed E-state index contributed by atoms with van der Waals surface area (Å²) in [4.78, 5) is 17.5. The lowest BCUT2D eigenvalue weighted by atomic mass is 10.2. The van der Waals surface area contributed by atoms with Gasteiger partial charge in [0.15, 0.2) is 11.9 Å². The van der Waals surface area contributed by atoms with Crippen molar-refractivity contribution >= 4 is 23.2 Å². The highest BCUT2D eigenvalue weighted by molar-refractivity contribution is 7.13. The van der Waals surface area contributed by atoms with E-state index in [1.54, 1.807) is 23.1 Å². The average molecular weight is 308 g/mol. The highest BCUT2D eigenvalue weighted by Crippen LogP contribution is 2.22. The van der Waals surface area contributed by atoms with Gasteiger partial charge in [-0.25, -0.2) is 4.68 Å². The molecule has 1 fully saturated rings. The fourth-order valence-electron chi connectivity index (χ4n) is 2.11. The van der Waals surface area contributed by atoms with E-state index in [0.29, 0.717) is 25.0 Å². The number of nitrogens with zero attached hydrogens (tertiary/aromatic N) is 3. The standard InChI is InChI=1S/C13H16N4O3S/c1-8-10(20-6-5-19-8)12(18)15-13-14-11(16-17(13)2)9-4-3-7-21-9/h3-4,7-8,10H,5-6H2,1-2H3,(H,14,15,16,18)/t8-,10-/m0/s1. The smallest absolute Gasteiger partial charge is 0.258 e. The Morgan fingerprint density at radius 2 is 2.29 bits per heavy atom. The highest BCUT2D eigenvalue weighted by atomic mass is 32.1. The molecule has 0 bridgehead atoms. The van der Waals surface area contributed by atoms with E-state index in [4.69, 9.17) is 9.47 Å². The second kappa shape index (κ2) is 5.92. The third-order valence-electron chi connectivity index (χ3n) is 3.19. The van der Waals surface area contributed by atoms with Crippen LogP contribution in [0.3, 0.4) is 0 Å². The fourth-order valence-corrected chi connectivity index (χ4v) is 2.76. The molecule has 112 valence electrons. The van der Waals surface area contributed by atoms with Crippen molar-refractivity contribution in [3.8, 4) is 10.7 Å². The van der Waals surface area contributed by atoms with Crippen molar-refractivity contribution in [2.75, 3.05) is 18.5 Å². The van der Waals surface area contributed by atoms with Crippen LogP contribution in [-0.4, -0.2) is 46.1 Å². The summed E-state index contributed by atoms with van der Waals surface area (Å²) in [6, 6.07) is 3.87. The topological polar surface area (TPSA) is 78.3 Å². The molecule has 1 saturated heterocycles. The van der Waals surface area contributed by atoms with E-state index in [1.165, 1.54) is 0 Å². The molecule has 0 aliphatic carbocycles. The predicted octanol–water partition coefficient (Wildman–Crippen LogP) is 1.29. The average Bonchev–Trinajstić information content (AvgIpc) is 3.10. The predicted molar refractivity (Wildman–Crippen MR) is 78.1 cm³/mol. The number of aryl methyl sites for hydroxylation is 1. The number of nitrogens with one attached hydrogen (secondary N) is 1. The zero-order valence-electron chi connectivity index (χ0n) is 11.8. The van der Waals surface area contributed by atoms with Crippen molar-refractivity contribution in [1.82, 2.24) is 14.8 Å². The highest BCUT2D eigenvalue weighted by Gasteiger charge is 2.30. The van der Waals surface area contributed by atoms with Gasteiger partial charge >= 0.3 is 0 Å². The molecule has 0 aromatic carbocycles. The van der Waals surface area contributed by atoms with Crippen LogP contribution in [0, 0.1) is 0 Å². The van der Waals surface area contributed by atoms with Gasteiger partial charge < -0.3 is 9.47 Å². The van der Waals surface area contributed by atoms with Gasteiger partial charge in [-0.1, -0.05) is 6.07 Å². The quantitative estimate of drug-likeness (QED) is 0.924. The largest absolute Gasteiger partial charge is 0.373 e. The summed E-state index contributed by atoms with van der Waals surface area (Å²) < 4.78 is 12.4. The zero-order valence-corrected chi connectivity index (χ0v) is 12.6. The van der Waals surface area contributed by atoms with Gasteiger partial charge in [0, 0.05) is 7.05 Å². The van der Waals surface area contributed by atoms with Gasteiger partial charge in [0.1, 0.15) is 0 Å². The molecular weight excluding hydrogens is 292 g/mol. The summed E-state index contributed by atoms with van der Waals surface area (Å²) >= 11 is 1.55. The molecule has 2 atom stereocenters. The van der Waals surface area contributed by atoms with Crippen LogP contribution in [0.4, 0.5) is 5.95 Å². The molecule has 3 rings (SSSR count). The van der Waals surface area contributed by atoms with Gasteiger partial charge in [-0.15, -0.1) is 16.4 Å². The molecule has 0 unspecified atom stereocenters. The minimum atomic E-state index is -0.624. The fraction of sp³-hybridized carbons (Fsp3) is 0.462. The van der Waals surface area contributed by atoms with Crippen LogP contribution in [0.1, 0.15) is 6.92 Å². The number of aromatic nitrogens is 3. The number of thiophene rings is 1. The van der Waals surface area contributed by atoms with E-state index >= 15 is 0 Å². The van der Waals surface area contributed by atoms with Crippen LogP contribution in [-0.2, 0) is 21.3 Å². The number of ether oxygens (including phenoxy) is 2. The first-order valence-electron chi connectivity index (χ1n) is 6.64. The minimum absolute atomic E-state index is 0.268. The summed E-state index contributed by atoms with van der Waals surface area (Å²) in [5.74, 6) is 0.719. The Hall–Kier alpha value is -1.77. The van der Waals surface area contributed by atoms with Gasteiger partial charge in [-0.05, 0) is 18.4 Å². The molecule has 0 radical (unpaired) electrons. The van der Waals surface area contributed by atoms with E-state index in [1.807, 2.05) is 24.4 Å². The first-order chi connectivity index (χ1) is 10.1. The van der Waals surface area contributed by atoms with Crippen LogP contribution in [0.15, 0.2) is 17.5 Å². The molecule has 7 nitrogen and oxygen atoms in total. The molecule has 2 aromatic rings. The lowest BCUT2D eigenvalue weighted by molar-refractivity contribution is -0.157. The lowest BCUT2D eigenvalue weighted by Gasteiger charge is -2.28. The molecule has 1 aliphatic heterocycles. The summed E-state index contributed by atoms with van der Waals surface area (Å²) in [6.45, 7) is 2.75. The molecule has 1 amide bonds. The summed E-state index contributed by atoms with van der Waals surface area (Å²) in [6.07, 6.45) is -0.899. The first kappa shape index (κ1) is 14.2. The van der Waals surface area contributed by atoms with Gasteiger partial charge in [0.2, 0.25) is 5.95 Å². The maximum absolute atomic E-state index is 12.2. The van der Waals surface area contributed by atoms with Crippen molar-refractivity contribution in [3.63, 3.8) is 0 Å².